The van der Waals surface area contributed by atoms with Crippen molar-refractivity contribution in [2.24, 2.45) is 0 Å². The van der Waals surface area contributed by atoms with Gasteiger partial charge in [-0.25, -0.2) is 0 Å². The van der Waals surface area contributed by atoms with Crippen LogP contribution in [0, 0.1) is 0 Å². The van der Waals surface area contributed by atoms with Gasteiger partial charge in [0, 0.05) is 14.0 Å². The molecule has 0 rings (SSSR count). The summed E-state index contributed by atoms with van der Waals surface area (Å²) in [7, 11) is 1.63. The third-order valence-corrected chi connectivity index (χ3v) is 2.01. The second-order valence-corrected chi connectivity index (χ2v) is 4.05. The summed E-state index contributed by atoms with van der Waals surface area (Å²) in [4.78, 5) is 10.4. The van der Waals surface area contributed by atoms with Gasteiger partial charge in [0.1, 0.15) is 6.61 Å². The second kappa shape index (κ2) is 16.3. The summed E-state index contributed by atoms with van der Waals surface area (Å²) < 4.78 is 19.7. The number of carbonyl (C=O) groups is 1. The van der Waals surface area contributed by atoms with Crippen molar-refractivity contribution in [3.05, 3.63) is 0 Å². The van der Waals surface area contributed by atoms with Crippen molar-refractivity contribution < 1.29 is 34.0 Å². The van der Waals surface area contributed by atoms with Crippen molar-refractivity contribution in [3.8, 4) is 0 Å². The zero-order valence-electron chi connectivity index (χ0n) is 12.8. The van der Waals surface area contributed by atoms with Crippen LogP contribution in [0.3, 0.4) is 0 Å². The third-order valence-electron chi connectivity index (χ3n) is 2.01. The first-order valence-corrected chi connectivity index (χ1v) is 6.55. The van der Waals surface area contributed by atoms with E-state index in [9.17, 15) is 4.79 Å². The van der Waals surface area contributed by atoms with Crippen LogP contribution < -0.4 is 0 Å². The molecule has 0 aromatic carbocycles. The Hall–Kier alpha value is -0.730. The van der Waals surface area contributed by atoms with E-state index in [0.717, 1.165) is 0 Å². The van der Waals surface area contributed by atoms with Gasteiger partial charge in [0.15, 0.2) is 0 Å². The quantitative estimate of drug-likeness (QED) is 0.432. The van der Waals surface area contributed by atoms with Crippen LogP contribution in [-0.4, -0.2) is 75.1 Å². The van der Waals surface area contributed by atoms with Gasteiger partial charge in [-0.2, -0.15) is 0 Å². The van der Waals surface area contributed by atoms with Gasteiger partial charge in [0.05, 0.1) is 45.2 Å². The Morgan fingerprint density at radius 3 is 2.00 bits per heavy atom. The van der Waals surface area contributed by atoms with Crippen LogP contribution in [0.4, 0.5) is 0 Å². The summed E-state index contributed by atoms with van der Waals surface area (Å²) >= 11 is 0. The highest BCUT2D eigenvalue weighted by molar-refractivity contribution is 5.65. The normalized spacial score (nSPS) is 13.1. The first kappa shape index (κ1) is 21.6. The molecule has 122 valence electrons. The van der Waals surface area contributed by atoms with Gasteiger partial charge in [-0.05, 0) is 13.8 Å². The largest absolute Gasteiger partial charge is 0.463 e. The predicted octanol–water partition coefficient (Wildman–Crippen LogP) is -0.0229. The first-order chi connectivity index (χ1) is 9.47. The summed E-state index contributed by atoms with van der Waals surface area (Å²) in [6, 6.07) is 0. The monoisotopic (exact) mass is 296 g/mol. The van der Waals surface area contributed by atoms with E-state index in [-0.39, 0.29) is 31.4 Å². The maximum Gasteiger partial charge on any atom is 0.302 e. The molecule has 0 aliphatic carbocycles. The molecular formula is C13H28O7. The Labute approximate surface area is 120 Å². The number of hydrogen-bond acceptors (Lipinski definition) is 7. The predicted molar refractivity (Wildman–Crippen MR) is 73.5 cm³/mol. The molecule has 0 saturated carbocycles. The molecule has 0 aliphatic rings. The number of aliphatic hydroxyl groups is 2. The Kier molecular flexibility index (Phi) is 17.6. The molecule has 2 N–H and O–H groups in total. The maximum absolute atomic E-state index is 10.4. The van der Waals surface area contributed by atoms with Crippen molar-refractivity contribution in [3.63, 3.8) is 0 Å². The highest BCUT2D eigenvalue weighted by atomic mass is 16.6. The topological polar surface area (TPSA) is 94.5 Å². The van der Waals surface area contributed by atoms with Gasteiger partial charge < -0.3 is 29.2 Å². The summed E-state index contributed by atoms with van der Waals surface area (Å²) in [5, 5.41) is 16.2. The molecule has 0 fully saturated rings. The Morgan fingerprint density at radius 2 is 1.60 bits per heavy atom. The van der Waals surface area contributed by atoms with E-state index in [2.05, 4.69) is 4.74 Å². The number of methoxy groups -OCH3 is 1. The van der Waals surface area contributed by atoms with Gasteiger partial charge in [-0.15, -0.1) is 0 Å². The Morgan fingerprint density at radius 1 is 1.05 bits per heavy atom. The van der Waals surface area contributed by atoms with Crippen LogP contribution in [0.15, 0.2) is 0 Å². The minimum Gasteiger partial charge on any atom is -0.463 e. The average Bonchev–Trinajstić information content (AvgIpc) is 2.43. The summed E-state index contributed by atoms with van der Waals surface area (Å²) in [5.74, 6) is -0.282. The highest BCUT2D eigenvalue weighted by Gasteiger charge is 2.06. The van der Waals surface area contributed by atoms with Crippen LogP contribution in [0.2, 0.25) is 0 Å². The number of aliphatic hydroxyl groups excluding tert-OH is 2. The molecule has 0 bridgehead atoms. The van der Waals surface area contributed by atoms with E-state index in [4.69, 9.17) is 24.4 Å². The van der Waals surface area contributed by atoms with Crippen LogP contribution in [-0.2, 0) is 23.7 Å². The van der Waals surface area contributed by atoms with E-state index >= 15 is 0 Å². The SMILES string of the molecule is COC(C)COC(C)COC(C)=O.OCCOCCO. The lowest BCUT2D eigenvalue weighted by Crippen LogP contribution is -2.23. The highest BCUT2D eigenvalue weighted by Crippen LogP contribution is 1.96. The summed E-state index contributed by atoms with van der Waals surface area (Å²) in [5.41, 5.74) is 0. The lowest BCUT2D eigenvalue weighted by atomic mass is 10.4. The zero-order chi connectivity index (χ0) is 15.8. The minimum atomic E-state index is -0.282. The van der Waals surface area contributed by atoms with Crippen LogP contribution in [0.1, 0.15) is 20.8 Å². The van der Waals surface area contributed by atoms with Gasteiger partial charge in [0.25, 0.3) is 0 Å². The van der Waals surface area contributed by atoms with Crippen LogP contribution in [0.5, 0.6) is 0 Å². The molecule has 2 unspecified atom stereocenters. The fourth-order valence-corrected chi connectivity index (χ4v) is 0.882. The average molecular weight is 296 g/mol. The lowest BCUT2D eigenvalue weighted by Gasteiger charge is -2.15. The summed E-state index contributed by atoms with van der Waals surface area (Å²) in [6.07, 6.45) is -0.0127. The number of ether oxygens (including phenoxy) is 4. The van der Waals surface area contributed by atoms with Crippen molar-refractivity contribution in [1.82, 2.24) is 0 Å². The number of esters is 1. The van der Waals surface area contributed by atoms with Crippen LogP contribution in [0.25, 0.3) is 0 Å². The molecule has 7 heteroatoms. The van der Waals surface area contributed by atoms with Gasteiger partial charge >= 0.3 is 5.97 Å². The van der Waals surface area contributed by atoms with Gasteiger partial charge in [-0.3, -0.25) is 4.79 Å². The second-order valence-electron chi connectivity index (χ2n) is 4.05. The third kappa shape index (κ3) is 19.6. The summed E-state index contributed by atoms with van der Waals surface area (Å²) in [6.45, 7) is 6.65. The van der Waals surface area contributed by atoms with Crippen molar-refractivity contribution in [2.45, 2.75) is 33.0 Å². The molecule has 0 aromatic heterocycles. The molecule has 20 heavy (non-hydrogen) atoms. The molecular weight excluding hydrogens is 268 g/mol. The van der Waals surface area contributed by atoms with E-state index in [0.29, 0.717) is 26.4 Å². The molecule has 2 atom stereocenters. The fraction of sp³-hybridized carbons (Fsp3) is 0.923. The van der Waals surface area contributed by atoms with Crippen LogP contribution >= 0.6 is 0 Å². The van der Waals surface area contributed by atoms with E-state index in [1.807, 2.05) is 13.8 Å². The van der Waals surface area contributed by atoms with E-state index in [1.165, 1.54) is 6.92 Å². The molecule has 7 nitrogen and oxygen atoms in total. The Bertz CT molecular complexity index is 207. The fourth-order valence-electron chi connectivity index (χ4n) is 0.882. The lowest BCUT2D eigenvalue weighted by molar-refractivity contribution is -0.145. The van der Waals surface area contributed by atoms with Crippen molar-refractivity contribution >= 4 is 5.97 Å². The molecule has 0 radical (unpaired) electrons. The molecule has 0 amide bonds. The number of hydrogen-bond donors (Lipinski definition) is 2. The smallest absolute Gasteiger partial charge is 0.302 e. The molecule has 0 heterocycles. The van der Waals surface area contributed by atoms with Gasteiger partial charge in [-0.1, -0.05) is 0 Å². The molecule has 0 spiro atoms. The van der Waals surface area contributed by atoms with E-state index in [1.54, 1.807) is 7.11 Å². The number of carbonyl (C=O) groups excluding carboxylic acids is 1. The minimum absolute atomic E-state index is 0.0278. The van der Waals surface area contributed by atoms with Crippen molar-refractivity contribution in [1.29, 1.82) is 0 Å². The Balaban J connectivity index is 0. The maximum atomic E-state index is 10.4. The first-order valence-electron chi connectivity index (χ1n) is 6.55. The van der Waals surface area contributed by atoms with E-state index < -0.39 is 0 Å². The zero-order valence-corrected chi connectivity index (χ0v) is 12.8. The standard InChI is InChI=1S/C9H18O4.C4H10O3/c1-7(11-4)5-12-8(2)6-13-9(3)10;5-1-3-7-4-2-6/h7-8H,5-6H2,1-4H3;5-6H,1-4H2. The van der Waals surface area contributed by atoms with Gasteiger partial charge in [0.2, 0.25) is 0 Å². The molecule has 0 saturated heterocycles. The number of rotatable bonds is 10. The molecule has 0 aliphatic heterocycles. The molecule has 0 aromatic rings. The van der Waals surface area contributed by atoms with Crippen molar-refractivity contribution in [2.75, 3.05) is 46.8 Å².